The molecule has 2 atom stereocenters. The molecule has 0 aromatic rings. The number of amides is 1. The Kier molecular flexibility index (Phi) is 1.97. The minimum atomic E-state index is 0.322. The second-order valence-electron chi connectivity index (χ2n) is 3.10. The maximum absolute atomic E-state index is 11.2. The van der Waals surface area contributed by atoms with E-state index < -0.39 is 0 Å². The summed E-state index contributed by atoms with van der Waals surface area (Å²) in [6.07, 6.45) is 0.745. The largest absolute Gasteiger partial charge is 0.340 e. The predicted octanol–water partition coefficient (Wildman–Crippen LogP) is 1.26. The van der Waals surface area contributed by atoms with Crippen molar-refractivity contribution in [3.8, 4) is 0 Å². The van der Waals surface area contributed by atoms with Crippen LogP contribution in [0.15, 0.2) is 0 Å². The molecule has 0 spiro atoms. The van der Waals surface area contributed by atoms with Crippen LogP contribution in [0, 0.1) is 5.92 Å². The lowest BCUT2D eigenvalue weighted by molar-refractivity contribution is -0.128. The lowest BCUT2D eigenvalue weighted by Crippen LogP contribution is -2.31. The smallest absolute Gasteiger partial charge is 0.223 e. The highest BCUT2D eigenvalue weighted by Crippen LogP contribution is 2.23. The van der Waals surface area contributed by atoms with E-state index >= 15 is 0 Å². The molecule has 1 fully saturated rings. The van der Waals surface area contributed by atoms with Crippen molar-refractivity contribution < 1.29 is 4.79 Å². The summed E-state index contributed by atoms with van der Waals surface area (Å²) in [5, 5.41) is 0. The lowest BCUT2D eigenvalue weighted by atomic mass is 10.1. The number of likely N-dealkylation sites (tertiary alicyclic amines) is 1. The van der Waals surface area contributed by atoms with Crippen LogP contribution in [0.4, 0.5) is 0 Å². The van der Waals surface area contributed by atoms with Crippen LogP contribution in [-0.4, -0.2) is 23.4 Å². The Morgan fingerprint density at radius 3 is 2.40 bits per heavy atom. The third-order valence-electron chi connectivity index (χ3n) is 2.47. The van der Waals surface area contributed by atoms with Crippen LogP contribution in [0.2, 0.25) is 0 Å². The second kappa shape index (κ2) is 2.60. The third-order valence-corrected chi connectivity index (χ3v) is 2.47. The van der Waals surface area contributed by atoms with E-state index in [4.69, 9.17) is 0 Å². The van der Waals surface area contributed by atoms with Crippen molar-refractivity contribution in [2.45, 2.75) is 33.2 Å². The van der Waals surface area contributed by atoms with Gasteiger partial charge < -0.3 is 4.90 Å². The summed E-state index contributed by atoms with van der Waals surface area (Å²) in [4.78, 5) is 13.1. The molecule has 0 unspecified atom stereocenters. The summed E-state index contributed by atoms with van der Waals surface area (Å²) < 4.78 is 0. The minimum absolute atomic E-state index is 0.322. The third kappa shape index (κ3) is 1.02. The maximum atomic E-state index is 11.2. The van der Waals surface area contributed by atoms with Crippen molar-refractivity contribution in [2.75, 3.05) is 6.54 Å². The highest BCUT2D eigenvalue weighted by atomic mass is 16.2. The molecule has 0 aromatic carbocycles. The van der Waals surface area contributed by atoms with Gasteiger partial charge in [0.1, 0.15) is 0 Å². The van der Waals surface area contributed by atoms with Crippen molar-refractivity contribution in [1.29, 1.82) is 0 Å². The Morgan fingerprint density at radius 1 is 1.60 bits per heavy atom. The summed E-state index contributed by atoms with van der Waals surface area (Å²) >= 11 is 0. The Balaban J connectivity index is 2.64. The maximum Gasteiger partial charge on any atom is 0.223 e. The molecule has 0 saturated carbocycles. The van der Waals surface area contributed by atoms with E-state index in [9.17, 15) is 4.79 Å². The highest BCUT2D eigenvalue weighted by Gasteiger charge is 2.32. The van der Waals surface area contributed by atoms with E-state index in [2.05, 4.69) is 13.8 Å². The van der Waals surface area contributed by atoms with Gasteiger partial charge in [-0.2, -0.15) is 0 Å². The van der Waals surface area contributed by atoms with Gasteiger partial charge in [-0.3, -0.25) is 4.79 Å². The Labute approximate surface area is 62.2 Å². The lowest BCUT2D eigenvalue weighted by Gasteiger charge is -2.20. The quantitative estimate of drug-likeness (QED) is 0.538. The van der Waals surface area contributed by atoms with E-state index in [1.807, 2.05) is 11.8 Å². The van der Waals surface area contributed by atoms with Gasteiger partial charge in [0.25, 0.3) is 0 Å². The van der Waals surface area contributed by atoms with Gasteiger partial charge in [-0.15, -0.1) is 0 Å². The van der Waals surface area contributed by atoms with Gasteiger partial charge in [-0.25, -0.2) is 0 Å². The molecular formula is C8H15NO. The molecule has 0 bridgehead atoms. The van der Waals surface area contributed by atoms with Crippen molar-refractivity contribution in [3.05, 3.63) is 0 Å². The number of rotatable bonds is 1. The fraction of sp³-hybridized carbons (Fsp3) is 0.875. The Bertz CT molecular complexity index is 144. The summed E-state index contributed by atoms with van der Waals surface area (Å²) in [5.41, 5.74) is 0. The number of hydrogen-bond acceptors (Lipinski definition) is 1. The first-order valence-corrected chi connectivity index (χ1v) is 3.96. The number of carbonyl (C=O) groups is 1. The molecule has 0 aliphatic carbocycles. The van der Waals surface area contributed by atoms with E-state index in [-0.39, 0.29) is 0 Å². The molecule has 58 valence electrons. The Morgan fingerprint density at radius 2 is 2.20 bits per heavy atom. The molecule has 0 radical (unpaired) electrons. The van der Waals surface area contributed by atoms with Gasteiger partial charge in [-0.05, 0) is 19.8 Å². The molecule has 1 aliphatic rings. The topological polar surface area (TPSA) is 20.3 Å². The minimum Gasteiger partial charge on any atom is -0.340 e. The summed E-state index contributed by atoms with van der Waals surface area (Å²) in [5.74, 6) is 0.870. The average Bonchev–Trinajstić information content (AvgIpc) is 2.09. The molecule has 1 aliphatic heterocycles. The average molecular weight is 141 g/mol. The molecule has 10 heavy (non-hydrogen) atoms. The zero-order valence-corrected chi connectivity index (χ0v) is 6.92. The zero-order chi connectivity index (χ0) is 7.72. The summed E-state index contributed by atoms with van der Waals surface area (Å²) in [6, 6.07) is 0.456. The van der Waals surface area contributed by atoms with E-state index in [0.29, 0.717) is 17.9 Å². The normalized spacial score (nSPS) is 33.5. The molecule has 0 N–H and O–H groups in total. The summed E-state index contributed by atoms with van der Waals surface area (Å²) in [7, 11) is 0. The Hall–Kier alpha value is -0.530. The van der Waals surface area contributed by atoms with Gasteiger partial charge in [0.05, 0.1) is 0 Å². The second-order valence-corrected chi connectivity index (χ2v) is 3.10. The molecule has 1 amide bonds. The van der Waals surface area contributed by atoms with Crippen LogP contribution in [0.3, 0.4) is 0 Å². The number of hydrogen-bond donors (Lipinski definition) is 0. The molecule has 0 aromatic heterocycles. The van der Waals surface area contributed by atoms with Crippen molar-refractivity contribution in [2.24, 2.45) is 5.92 Å². The molecule has 1 heterocycles. The van der Waals surface area contributed by atoms with Crippen LogP contribution < -0.4 is 0 Å². The fourth-order valence-electron chi connectivity index (χ4n) is 1.56. The van der Waals surface area contributed by atoms with Crippen LogP contribution >= 0.6 is 0 Å². The van der Waals surface area contributed by atoms with Gasteiger partial charge in [-0.1, -0.05) is 6.92 Å². The zero-order valence-electron chi connectivity index (χ0n) is 6.92. The van der Waals surface area contributed by atoms with E-state index in [1.54, 1.807) is 0 Å². The van der Waals surface area contributed by atoms with Gasteiger partial charge in [0.15, 0.2) is 0 Å². The van der Waals surface area contributed by atoms with Crippen LogP contribution in [0.5, 0.6) is 0 Å². The standard InChI is InChI=1S/C8H15NO/c1-4-9-7(3)6(2)5-8(9)10/h6-7H,4-5H2,1-3H3/t6-,7-/m0/s1. The van der Waals surface area contributed by atoms with Crippen molar-refractivity contribution >= 4 is 5.91 Å². The highest BCUT2D eigenvalue weighted by molar-refractivity contribution is 5.79. The first-order valence-electron chi connectivity index (χ1n) is 3.96. The fourth-order valence-corrected chi connectivity index (χ4v) is 1.56. The van der Waals surface area contributed by atoms with Gasteiger partial charge >= 0.3 is 0 Å². The first-order chi connectivity index (χ1) is 4.66. The van der Waals surface area contributed by atoms with Gasteiger partial charge in [0, 0.05) is 19.0 Å². The summed E-state index contributed by atoms with van der Waals surface area (Å²) in [6.45, 7) is 7.16. The molecule has 1 rings (SSSR count). The molecule has 2 nitrogen and oxygen atoms in total. The molecule has 2 heteroatoms. The van der Waals surface area contributed by atoms with Crippen molar-refractivity contribution in [3.63, 3.8) is 0 Å². The van der Waals surface area contributed by atoms with E-state index in [1.165, 1.54) is 0 Å². The van der Waals surface area contributed by atoms with E-state index in [0.717, 1.165) is 13.0 Å². The van der Waals surface area contributed by atoms with Gasteiger partial charge in [0.2, 0.25) is 5.91 Å². The van der Waals surface area contributed by atoms with Crippen LogP contribution in [0.25, 0.3) is 0 Å². The first kappa shape index (κ1) is 7.58. The molecule has 1 saturated heterocycles. The van der Waals surface area contributed by atoms with Crippen LogP contribution in [0.1, 0.15) is 27.2 Å². The SMILES string of the molecule is CCN1C(=O)C[C@H](C)[C@@H]1C. The monoisotopic (exact) mass is 141 g/mol. The number of carbonyl (C=O) groups excluding carboxylic acids is 1. The number of nitrogens with zero attached hydrogens (tertiary/aromatic N) is 1. The molecular weight excluding hydrogens is 126 g/mol. The van der Waals surface area contributed by atoms with Crippen molar-refractivity contribution in [1.82, 2.24) is 4.90 Å². The predicted molar refractivity (Wildman–Crippen MR) is 40.6 cm³/mol. The van der Waals surface area contributed by atoms with Crippen LogP contribution in [-0.2, 0) is 4.79 Å².